The fourth-order valence-corrected chi connectivity index (χ4v) is 0.667. The Morgan fingerprint density at radius 1 is 1.64 bits per heavy atom. The normalized spacial score (nSPS) is 12.5. The molecule has 0 aliphatic carbocycles. The van der Waals surface area contributed by atoms with E-state index in [1.807, 2.05) is 0 Å². The fraction of sp³-hybridized carbons (Fsp3) is 0.833. The number of aliphatic hydroxyl groups is 1. The molecular weight excluding hydrogens is 146 g/mol. The molecule has 0 unspecified atom stereocenters. The maximum absolute atomic E-state index is 10.1. The number of aliphatic hydroxyl groups excluding tert-OH is 1. The van der Waals surface area contributed by atoms with Crippen molar-refractivity contribution in [3.05, 3.63) is 0 Å². The predicted octanol–water partition coefficient (Wildman–Crippen LogP) is -1.25. The van der Waals surface area contributed by atoms with Crippen LogP contribution in [0.3, 0.4) is 0 Å². The summed E-state index contributed by atoms with van der Waals surface area (Å²) in [6, 6.07) is -0.716. The molecule has 5 nitrogen and oxygen atoms in total. The topological polar surface area (TPSA) is 101 Å². The standard InChI is InChI=1S/C6H15N3O2/c7-5(4-10)2-1-3-9-6(8)11/h5,10H,1-4,7H2,(H3,8,9,11)/t5-/m0/s1. The van der Waals surface area contributed by atoms with E-state index in [0.717, 1.165) is 6.42 Å². The van der Waals surface area contributed by atoms with Crippen molar-refractivity contribution in [3.8, 4) is 0 Å². The number of rotatable bonds is 5. The molecule has 6 N–H and O–H groups in total. The molecule has 0 bridgehead atoms. The van der Waals surface area contributed by atoms with E-state index in [9.17, 15) is 4.79 Å². The minimum absolute atomic E-state index is 0.0173. The van der Waals surface area contributed by atoms with Gasteiger partial charge in [0, 0.05) is 12.6 Å². The molecule has 0 aliphatic heterocycles. The summed E-state index contributed by atoms with van der Waals surface area (Å²) < 4.78 is 0. The Bertz CT molecular complexity index is 118. The minimum Gasteiger partial charge on any atom is -0.395 e. The Kier molecular flexibility index (Phi) is 5.50. The van der Waals surface area contributed by atoms with Gasteiger partial charge in [-0.05, 0) is 12.8 Å². The average molecular weight is 161 g/mol. The first-order valence-electron chi connectivity index (χ1n) is 3.56. The van der Waals surface area contributed by atoms with Crippen molar-refractivity contribution in [2.75, 3.05) is 13.2 Å². The van der Waals surface area contributed by atoms with Gasteiger partial charge >= 0.3 is 6.03 Å². The van der Waals surface area contributed by atoms with Crippen LogP contribution in [0.5, 0.6) is 0 Å². The number of nitrogens with one attached hydrogen (secondary N) is 1. The molecule has 2 amide bonds. The van der Waals surface area contributed by atoms with Crippen molar-refractivity contribution in [1.29, 1.82) is 0 Å². The number of urea groups is 1. The highest BCUT2D eigenvalue weighted by Gasteiger charge is 1.99. The van der Waals surface area contributed by atoms with E-state index in [-0.39, 0.29) is 12.6 Å². The lowest BCUT2D eigenvalue weighted by Gasteiger charge is -2.06. The monoisotopic (exact) mass is 161 g/mol. The smallest absolute Gasteiger partial charge is 0.312 e. The zero-order chi connectivity index (χ0) is 8.69. The third kappa shape index (κ3) is 7.08. The van der Waals surface area contributed by atoms with Crippen LogP contribution in [-0.2, 0) is 0 Å². The summed E-state index contributed by atoms with van der Waals surface area (Å²) in [5, 5.41) is 10.9. The van der Waals surface area contributed by atoms with Crippen LogP contribution in [0.2, 0.25) is 0 Å². The van der Waals surface area contributed by atoms with Crippen LogP contribution in [-0.4, -0.2) is 30.3 Å². The van der Waals surface area contributed by atoms with Gasteiger partial charge in [-0.3, -0.25) is 0 Å². The van der Waals surface area contributed by atoms with Crippen molar-refractivity contribution in [3.63, 3.8) is 0 Å². The number of carbonyl (C=O) groups is 1. The predicted molar refractivity (Wildman–Crippen MR) is 41.9 cm³/mol. The first-order valence-corrected chi connectivity index (χ1v) is 3.56. The van der Waals surface area contributed by atoms with Crippen molar-refractivity contribution < 1.29 is 9.90 Å². The lowest BCUT2D eigenvalue weighted by atomic mass is 10.2. The second-order valence-electron chi connectivity index (χ2n) is 2.38. The Balaban J connectivity index is 3.08. The number of nitrogens with two attached hydrogens (primary N) is 2. The highest BCUT2D eigenvalue weighted by atomic mass is 16.3. The van der Waals surface area contributed by atoms with Gasteiger partial charge in [-0.25, -0.2) is 4.79 Å². The van der Waals surface area contributed by atoms with Crippen LogP contribution in [0.25, 0.3) is 0 Å². The molecule has 0 radical (unpaired) electrons. The molecule has 0 aromatic rings. The van der Waals surface area contributed by atoms with Gasteiger partial charge in [0.1, 0.15) is 0 Å². The van der Waals surface area contributed by atoms with E-state index < -0.39 is 6.03 Å². The summed E-state index contributed by atoms with van der Waals surface area (Å²) in [7, 11) is 0. The van der Waals surface area contributed by atoms with Gasteiger partial charge in [-0.1, -0.05) is 0 Å². The average Bonchev–Trinajstić information content (AvgIpc) is 1.97. The number of hydrogen-bond donors (Lipinski definition) is 4. The summed E-state index contributed by atoms with van der Waals surface area (Å²) in [6.07, 6.45) is 1.43. The Morgan fingerprint density at radius 3 is 2.73 bits per heavy atom. The van der Waals surface area contributed by atoms with Crippen LogP contribution >= 0.6 is 0 Å². The van der Waals surface area contributed by atoms with E-state index >= 15 is 0 Å². The Labute approximate surface area is 65.7 Å². The quantitative estimate of drug-likeness (QED) is 0.379. The van der Waals surface area contributed by atoms with Gasteiger partial charge in [0.05, 0.1) is 6.61 Å². The van der Waals surface area contributed by atoms with E-state index in [0.29, 0.717) is 13.0 Å². The Hall–Kier alpha value is -0.810. The lowest BCUT2D eigenvalue weighted by molar-refractivity contribution is 0.246. The third-order valence-electron chi connectivity index (χ3n) is 1.29. The minimum atomic E-state index is -0.525. The first kappa shape index (κ1) is 10.2. The van der Waals surface area contributed by atoms with Crippen molar-refractivity contribution in [1.82, 2.24) is 5.32 Å². The summed E-state index contributed by atoms with van der Waals surface area (Å²) in [5.41, 5.74) is 10.2. The van der Waals surface area contributed by atoms with Crippen LogP contribution in [0, 0.1) is 0 Å². The summed E-state index contributed by atoms with van der Waals surface area (Å²) >= 11 is 0. The van der Waals surface area contributed by atoms with Gasteiger partial charge in [-0.15, -0.1) is 0 Å². The number of amides is 2. The number of carbonyl (C=O) groups excluding carboxylic acids is 1. The maximum Gasteiger partial charge on any atom is 0.312 e. The van der Waals surface area contributed by atoms with Gasteiger partial charge in [0.2, 0.25) is 0 Å². The SMILES string of the molecule is NC(=O)NCCC[C@H](N)CO. The summed E-state index contributed by atoms with van der Waals surface area (Å²) in [5.74, 6) is 0. The van der Waals surface area contributed by atoms with E-state index in [1.54, 1.807) is 0 Å². The Morgan fingerprint density at radius 2 is 2.27 bits per heavy atom. The van der Waals surface area contributed by atoms with E-state index in [2.05, 4.69) is 5.32 Å². The molecule has 0 fully saturated rings. The second-order valence-corrected chi connectivity index (χ2v) is 2.38. The molecule has 0 saturated carbocycles. The highest BCUT2D eigenvalue weighted by molar-refractivity contribution is 5.71. The first-order chi connectivity index (χ1) is 5.16. The molecular formula is C6H15N3O2. The van der Waals surface area contributed by atoms with Gasteiger partial charge < -0.3 is 21.9 Å². The van der Waals surface area contributed by atoms with Crippen molar-refractivity contribution in [2.45, 2.75) is 18.9 Å². The zero-order valence-electron chi connectivity index (χ0n) is 6.42. The second kappa shape index (κ2) is 5.94. The molecule has 0 heterocycles. The van der Waals surface area contributed by atoms with Crippen molar-refractivity contribution >= 4 is 6.03 Å². The lowest BCUT2D eigenvalue weighted by Crippen LogP contribution is -2.31. The van der Waals surface area contributed by atoms with Gasteiger partial charge in [0.15, 0.2) is 0 Å². The molecule has 0 aromatic heterocycles. The number of primary amides is 1. The molecule has 11 heavy (non-hydrogen) atoms. The van der Waals surface area contributed by atoms with Crippen LogP contribution in [0.1, 0.15) is 12.8 Å². The zero-order valence-corrected chi connectivity index (χ0v) is 6.42. The molecule has 0 aromatic carbocycles. The van der Waals surface area contributed by atoms with Crippen LogP contribution in [0.15, 0.2) is 0 Å². The largest absolute Gasteiger partial charge is 0.395 e. The van der Waals surface area contributed by atoms with Crippen LogP contribution < -0.4 is 16.8 Å². The van der Waals surface area contributed by atoms with Crippen molar-refractivity contribution in [2.24, 2.45) is 11.5 Å². The number of hydrogen-bond acceptors (Lipinski definition) is 3. The van der Waals surface area contributed by atoms with Crippen LogP contribution in [0.4, 0.5) is 4.79 Å². The molecule has 0 rings (SSSR count). The molecule has 0 saturated heterocycles. The molecule has 0 spiro atoms. The molecule has 5 heteroatoms. The molecule has 1 atom stereocenters. The highest BCUT2D eigenvalue weighted by Crippen LogP contribution is 1.90. The van der Waals surface area contributed by atoms with E-state index in [1.165, 1.54) is 0 Å². The summed E-state index contributed by atoms with van der Waals surface area (Å²) in [4.78, 5) is 10.1. The van der Waals surface area contributed by atoms with E-state index in [4.69, 9.17) is 16.6 Å². The van der Waals surface area contributed by atoms with Gasteiger partial charge in [0.25, 0.3) is 0 Å². The summed E-state index contributed by atoms with van der Waals surface area (Å²) in [6.45, 7) is 0.500. The third-order valence-corrected chi connectivity index (χ3v) is 1.29. The fourth-order valence-electron chi connectivity index (χ4n) is 0.667. The molecule has 0 aliphatic rings. The van der Waals surface area contributed by atoms with Gasteiger partial charge in [-0.2, -0.15) is 0 Å². The maximum atomic E-state index is 10.1. The molecule has 66 valence electrons.